The number of rotatable bonds is 7. The van der Waals surface area contributed by atoms with E-state index in [1.807, 2.05) is 50.2 Å². The van der Waals surface area contributed by atoms with Gasteiger partial charge in [-0.2, -0.15) is 0 Å². The fourth-order valence-electron chi connectivity index (χ4n) is 2.14. The Bertz CT molecular complexity index is 738. The van der Waals surface area contributed by atoms with E-state index in [-0.39, 0.29) is 12.1 Å². The quantitative estimate of drug-likeness (QED) is 0.343. The van der Waals surface area contributed by atoms with Gasteiger partial charge in [-0.15, -0.1) is 0 Å². The highest BCUT2D eigenvalue weighted by molar-refractivity contribution is 5.89. The van der Waals surface area contributed by atoms with Gasteiger partial charge in [0.25, 0.3) is 0 Å². The van der Waals surface area contributed by atoms with Crippen molar-refractivity contribution in [1.29, 1.82) is 0 Å². The first-order valence-electron chi connectivity index (χ1n) is 8.29. The molecule has 0 fully saturated rings. The van der Waals surface area contributed by atoms with Crippen LogP contribution in [0.2, 0.25) is 0 Å². The van der Waals surface area contributed by atoms with Crippen LogP contribution in [0.15, 0.2) is 46.7 Å². The molecule has 0 radical (unpaired) electrons. The summed E-state index contributed by atoms with van der Waals surface area (Å²) >= 11 is 0. The summed E-state index contributed by atoms with van der Waals surface area (Å²) in [5.74, 6) is 1.32. The molecule has 0 amide bonds. The van der Waals surface area contributed by atoms with E-state index < -0.39 is 0 Å². The molecule has 0 aromatic carbocycles. The minimum Gasteiger partial charge on any atom is -0.411 e. The zero-order valence-corrected chi connectivity index (χ0v) is 15.3. The fraction of sp³-hybridized carbons (Fsp3) is 0.333. The molecule has 8 heteroatoms. The maximum absolute atomic E-state index is 8.86. The Hall–Kier alpha value is -3.16. The molecule has 2 heterocycles. The Morgan fingerprint density at radius 3 is 1.54 bits per heavy atom. The Labute approximate surface area is 152 Å². The lowest BCUT2D eigenvalue weighted by Crippen LogP contribution is -2.24. The number of pyridine rings is 2. The topological polar surface area (TPSA) is 115 Å². The van der Waals surface area contributed by atoms with E-state index in [4.69, 9.17) is 10.4 Å². The maximum atomic E-state index is 8.86. The molecule has 8 nitrogen and oxygen atoms in total. The molecule has 2 unspecified atom stereocenters. The van der Waals surface area contributed by atoms with Gasteiger partial charge >= 0.3 is 0 Å². The van der Waals surface area contributed by atoms with E-state index in [1.54, 1.807) is 13.8 Å². The van der Waals surface area contributed by atoms with Gasteiger partial charge in [-0.3, -0.25) is 0 Å². The summed E-state index contributed by atoms with van der Waals surface area (Å²) in [6.07, 6.45) is 0. The molecule has 0 bridgehead atoms. The Balaban J connectivity index is 2.21. The first-order chi connectivity index (χ1) is 12.4. The molecule has 2 rings (SSSR count). The first-order valence-corrected chi connectivity index (χ1v) is 8.29. The lowest BCUT2D eigenvalue weighted by Gasteiger charge is -2.15. The van der Waals surface area contributed by atoms with E-state index in [0.717, 1.165) is 0 Å². The van der Waals surface area contributed by atoms with Crippen molar-refractivity contribution in [2.75, 3.05) is 10.6 Å². The minimum absolute atomic E-state index is 0.148. The van der Waals surface area contributed by atoms with Crippen LogP contribution in [-0.2, 0) is 0 Å². The molecule has 0 aliphatic rings. The molecular weight excluding hydrogens is 332 g/mol. The largest absolute Gasteiger partial charge is 0.411 e. The Morgan fingerprint density at radius 1 is 0.808 bits per heavy atom. The van der Waals surface area contributed by atoms with Crippen LogP contribution in [0.5, 0.6) is 0 Å². The van der Waals surface area contributed by atoms with Crippen LogP contribution < -0.4 is 10.6 Å². The second kappa shape index (κ2) is 8.80. The predicted molar refractivity (Wildman–Crippen MR) is 103 cm³/mol. The highest BCUT2D eigenvalue weighted by atomic mass is 16.4. The number of nitrogens with zero attached hydrogens (tertiary/aromatic N) is 4. The molecule has 4 N–H and O–H groups in total. The van der Waals surface area contributed by atoms with Crippen LogP contribution in [0, 0.1) is 0 Å². The van der Waals surface area contributed by atoms with Crippen molar-refractivity contribution in [3.63, 3.8) is 0 Å². The standard InChI is InChI=1S/C18H24N6O2/c1-11(13(3)23-25)19-17-9-5-7-15(21-17)16-8-6-10-18(22-16)20-12(2)14(4)24-26/h5-12,25-26H,1-4H3,(H,19,21)(H,20,22)/b23-13+,24-14+. The summed E-state index contributed by atoms with van der Waals surface area (Å²) in [5, 5.41) is 30.5. The predicted octanol–water partition coefficient (Wildman–Crippen LogP) is 3.44. The third kappa shape index (κ3) is 4.92. The molecule has 2 atom stereocenters. The van der Waals surface area contributed by atoms with Crippen molar-refractivity contribution in [1.82, 2.24) is 9.97 Å². The third-order valence-electron chi connectivity index (χ3n) is 4.06. The van der Waals surface area contributed by atoms with Crippen LogP contribution in [0.4, 0.5) is 11.6 Å². The average Bonchev–Trinajstić information content (AvgIpc) is 2.66. The van der Waals surface area contributed by atoms with E-state index >= 15 is 0 Å². The molecular formula is C18H24N6O2. The van der Waals surface area contributed by atoms with Crippen LogP contribution in [0.1, 0.15) is 27.7 Å². The van der Waals surface area contributed by atoms with Crippen LogP contribution in [0.25, 0.3) is 11.4 Å². The SMILES string of the molecule is C/C(=N\O)C(C)Nc1cccc(-c2cccc(NC(C)/C(C)=N/O)n2)n1. The summed E-state index contributed by atoms with van der Waals surface area (Å²) in [6, 6.07) is 10.9. The number of aromatic nitrogens is 2. The van der Waals surface area contributed by atoms with Gasteiger partial charge in [-0.1, -0.05) is 22.4 Å². The molecule has 0 saturated heterocycles. The summed E-state index contributed by atoms with van der Waals surface area (Å²) in [6.45, 7) is 7.24. The Kier molecular flexibility index (Phi) is 6.48. The molecule has 0 spiro atoms. The van der Waals surface area contributed by atoms with Gasteiger partial charge in [0, 0.05) is 0 Å². The van der Waals surface area contributed by atoms with Crippen molar-refractivity contribution < 1.29 is 10.4 Å². The highest BCUT2D eigenvalue weighted by Crippen LogP contribution is 2.19. The third-order valence-corrected chi connectivity index (χ3v) is 4.06. The maximum Gasteiger partial charge on any atom is 0.127 e. The van der Waals surface area contributed by atoms with Crippen LogP contribution >= 0.6 is 0 Å². The number of nitrogens with one attached hydrogen (secondary N) is 2. The van der Waals surface area contributed by atoms with Crippen molar-refractivity contribution in [2.24, 2.45) is 10.3 Å². The summed E-state index contributed by atoms with van der Waals surface area (Å²) < 4.78 is 0. The van der Waals surface area contributed by atoms with Crippen molar-refractivity contribution in [3.05, 3.63) is 36.4 Å². The first kappa shape index (κ1) is 19.2. The van der Waals surface area contributed by atoms with Crippen molar-refractivity contribution in [3.8, 4) is 11.4 Å². The van der Waals surface area contributed by atoms with Gasteiger partial charge in [0.15, 0.2) is 0 Å². The van der Waals surface area contributed by atoms with Gasteiger partial charge in [0.05, 0.1) is 34.9 Å². The van der Waals surface area contributed by atoms with Gasteiger partial charge < -0.3 is 21.0 Å². The molecule has 138 valence electrons. The molecule has 0 aliphatic heterocycles. The van der Waals surface area contributed by atoms with Gasteiger partial charge in [-0.05, 0) is 52.0 Å². The van der Waals surface area contributed by atoms with E-state index in [1.165, 1.54) is 0 Å². The summed E-state index contributed by atoms with van der Waals surface area (Å²) in [7, 11) is 0. The lowest BCUT2D eigenvalue weighted by molar-refractivity contribution is 0.317. The van der Waals surface area contributed by atoms with Crippen molar-refractivity contribution in [2.45, 2.75) is 39.8 Å². The van der Waals surface area contributed by atoms with Gasteiger partial charge in [0.1, 0.15) is 11.6 Å². The normalized spacial score (nSPS) is 14.6. The highest BCUT2D eigenvalue weighted by Gasteiger charge is 2.10. The molecule has 0 aliphatic carbocycles. The lowest BCUT2D eigenvalue weighted by atomic mass is 10.2. The zero-order valence-electron chi connectivity index (χ0n) is 15.3. The number of anilines is 2. The van der Waals surface area contributed by atoms with Crippen LogP contribution in [0.3, 0.4) is 0 Å². The second-order valence-electron chi connectivity index (χ2n) is 6.03. The van der Waals surface area contributed by atoms with E-state index in [0.29, 0.717) is 34.4 Å². The van der Waals surface area contributed by atoms with Gasteiger partial charge in [0.2, 0.25) is 0 Å². The van der Waals surface area contributed by atoms with Crippen LogP contribution in [-0.4, -0.2) is 43.9 Å². The second-order valence-corrected chi connectivity index (χ2v) is 6.03. The smallest absolute Gasteiger partial charge is 0.127 e. The zero-order chi connectivity index (χ0) is 19.1. The summed E-state index contributed by atoms with van der Waals surface area (Å²) in [5.41, 5.74) is 2.56. The average molecular weight is 356 g/mol. The molecule has 2 aromatic rings. The Morgan fingerprint density at radius 2 is 1.19 bits per heavy atom. The summed E-state index contributed by atoms with van der Waals surface area (Å²) in [4.78, 5) is 9.14. The molecule has 2 aromatic heterocycles. The minimum atomic E-state index is -0.148. The van der Waals surface area contributed by atoms with Gasteiger partial charge in [-0.25, -0.2) is 9.97 Å². The van der Waals surface area contributed by atoms with E-state index in [2.05, 4.69) is 30.9 Å². The number of hydrogen-bond acceptors (Lipinski definition) is 8. The monoisotopic (exact) mass is 356 g/mol. The van der Waals surface area contributed by atoms with E-state index in [9.17, 15) is 0 Å². The fourth-order valence-corrected chi connectivity index (χ4v) is 2.14. The number of oxime groups is 2. The molecule has 26 heavy (non-hydrogen) atoms. The molecule has 0 saturated carbocycles. The van der Waals surface area contributed by atoms with Crippen molar-refractivity contribution >= 4 is 23.1 Å². The number of hydrogen-bond donors (Lipinski definition) is 4.